The second-order valence-electron chi connectivity index (χ2n) is 7.53. The lowest BCUT2D eigenvalue weighted by Crippen LogP contribution is -2.53. The molecule has 0 saturated carbocycles. The van der Waals surface area contributed by atoms with Gasteiger partial charge in [0.05, 0.1) is 6.54 Å². The van der Waals surface area contributed by atoms with Gasteiger partial charge in [-0.2, -0.15) is 5.10 Å². The van der Waals surface area contributed by atoms with Crippen LogP contribution in [0, 0.1) is 0 Å². The van der Waals surface area contributed by atoms with Crippen molar-refractivity contribution in [3.63, 3.8) is 0 Å². The molecular formula is C20H30N6. The minimum absolute atomic E-state index is 0.775. The van der Waals surface area contributed by atoms with Crippen LogP contribution in [0.5, 0.6) is 0 Å². The van der Waals surface area contributed by atoms with Crippen LogP contribution < -0.4 is 0 Å². The molecule has 0 unspecified atom stereocenters. The van der Waals surface area contributed by atoms with Gasteiger partial charge in [-0.25, -0.2) is 4.98 Å². The molecule has 2 aliphatic heterocycles. The van der Waals surface area contributed by atoms with E-state index in [0.717, 1.165) is 25.7 Å². The highest BCUT2D eigenvalue weighted by Gasteiger charge is 2.27. The van der Waals surface area contributed by atoms with Crippen LogP contribution in [0.15, 0.2) is 43.0 Å². The molecule has 0 spiro atoms. The quantitative estimate of drug-likeness (QED) is 0.787. The van der Waals surface area contributed by atoms with Gasteiger partial charge in [0.2, 0.25) is 0 Å². The number of benzene rings is 1. The smallest absolute Gasteiger partial charge is 0.137 e. The lowest BCUT2D eigenvalue weighted by atomic mass is 10.0. The van der Waals surface area contributed by atoms with Crippen LogP contribution in [0.25, 0.3) is 0 Å². The van der Waals surface area contributed by atoms with E-state index in [0.29, 0.717) is 0 Å². The van der Waals surface area contributed by atoms with Crippen LogP contribution in [0.1, 0.15) is 18.4 Å². The van der Waals surface area contributed by atoms with Gasteiger partial charge in [-0.3, -0.25) is 14.5 Å². The summed E-state index contributed by atoms with van der Waals surface area (Å²) in [7, 11) is 0. The molecule has 0 radical (unpaired) electrons. The molecule has 26 heavy (non-hydrogen) atoms. The number of hydrogen-bond donors (Lipinski definition) is 0. The summed E-state index contributed by atoms with van der Waals surface area (Å²) in [6, 6.07) is 11.6. The average molecular weight is 355 g/mol. The first-order chi connectivity index (χ1) is 12.9. The maximum Gasteiger partial charge on any atom is 0.137 e. The SMILES string of the molecule is c1ccc(CN2CCN(C3CCN(CCn4cncn4)CC3)CC2)cc1. The molecule has 0 aliphatic carbocycles. The normalized spacial score (nSPS) is 21.2. The van der Waals surface area contributed by atoms with Crippen molar-refractivity contribution in [2.75, 3.05) is 45.8 Å². The number of rotatable bonds is 6. The summed E-state index contributed by atoms with van der Waals surface area (Å²) in [5.41, 5.74) is 1.43. The molecule has 6 nitrogen and oxygen atoms in total. The fourth-order valence-electron chi connectivity index (χ4n) is 4.23. The molecule has 2 aliphatic rings. The highest BCUT2D eigenvalue weighted by atomic mass is 15.3. The largest absolute Gasteiger partial charge is 0.301 e. The Hall–Kier alpha value is -1.76. The highest BCUT2D eigenvalue weighted by molar-refractivity contribution is 5.14. The van der Waals surface area contributed by atoms with Crippen molar-refractivity contribution in [2.45, 2.75) is 32.0 Å². The van der Waals surface area contributed by atoms with E-state index in [1.54, 1.807) is 6.33 Å². The zero-order chi connectivity index (χ0) is 17.6. The van der Waals surface area contributed by atoms with E-state index in [1.807, 2.05) is 11.0 Å². The van der Waals surface area contributed by atoms with Crippen LogP contribution in [0.2, 0.25) is 0 Å². The van der Waals surface area contributed by atoms with Gasteiger partial charge in [-0.1, -0.05) is 30.3 Å². The Balaban J connectivity index is 1.16. The summed E-state index contributed by atoms with van der Waals surface area (Å²) in [4.78, 5) is 11.9. The summed E-state index contributed by atoms with van der Waals surface area (Å²) in [5, 5.41) is 4.19. The van der Waals surface area contributed by atoms with Gasteiger partial charge < -0.3 is 4.90 Å². The average Bonchev–Trinajstić information content (AvgIpc) is 3.22. The summed E-state index contributed by atoms with van der Waals surface area (Å²) in [6.45, 7) is 10.4. The third kappa shape index (κ3) is 4.69. The second-order valence-corrected chi connectivity index (χ2v) is 7.53. The van der Waals surface area contributed by atoms with Crippen molar-refractivity contribution in [1.82, 2.24) is 29.5 Å². The standard InChI is InChI=1S/C20H30N6/c1-2-4-19(5-3-1)16-24-10-13-25(14-11-24)20-6-8-23(9-7-20)12-15-26-18-21-17-22-26/h1-5,17-18,20H,6-16H2. The predicted octanol–water partition coefficient (Wildman–Crippen LogP) is 1.56. The molecule has 2 fully saturated rings. The van der Waals surface area contributed by atoms with Crippen molar-refractivity contribution in [3.05, 3.63) is 48.5 Å². The van der Waals surface area contributed by atoms with Crippen LogP contribution >= 0.6 is 0 Å². The monoisotopic (exact) mass is 354 g/mol. The summed E-state index contributed by atoms with van der Waals surface area (Å²) >= 11 is 0. The van der Waals surface area contributed by atoms with Gasteiger partial charge in [0.15, 0.2) is 0 Å². The van der Waals surface area contributed by atoms with Crippen molar-refractivity contribution in [2.24, 2.45) is 0 Å². The Bertz CT molecular complexity index is 628. The zero-order valence-electron chi connectivity index (χ0n) is 15.6. The first-order valence-corrected chi connectivity index (χ1v) is 9.92. The van der Waals surface area contributed by atoms with E-state index in [-0.39, 0.29) is 0 Å². The predicted molar refractivity (Wildman–Crippen MR) is 103 cm³/mol. The minimum Gasteiger partial charge on any atom is -0.301 e. The van der Waals surface area contributed by atoms with Crippen molar-refractivity contribution < 1.29 is 0 Å². The molecule has 0 bridgehead atoms. The van der Waals surface area contributed by atoms with E-state index in [1.165, 1.54) is 57.7 Å². The van der Waals surface area contributed by atoms with Gasteiger partial charge in [0.25, 0.3) is 0 Å². The van der Waals surface area contributed by atoms with Crippen LogP contribution in [-0.4, -0.2) is 81.3 Å². The molecule has 140 valence electrons. The molecular weight excluding hydrogens is 324 g/mol. The molecule has 0 atom stereocenters. The van der Waals surface area contributed by atoms with Crippen LogP contribution in [0.4, 0.5) is 0 Å². The maximum absolute atomic E-state index is 4.19. The number of piperazine rings is 1. The van der Waals surface area contributed by atoms with E-state index in [9.17, 15) is 0 Å². The van der Waals surface area contributed by atoms with E-state index >= 15 is 0 Å². The van der Waals surface area contributed by atoms with E-state index < -0.39 is 0 Å². The van der Waals surface area contributed by atoms with Gasteiger partial charge in [0, 0.05) is 45.3 Å². The first kappa shape index (κ1) is 17.6. The molecule has 0 N–H and O–H groups in total. The minimum atomic E-state index is 0.775. The molecule has 1 aromatic heterocycles. The number of aromatic nitrogens is 3. The first-order valence-electron chi connectivity index (χ1n) is 9.92. The molecule has 6 heteroatoms. The maximum atomic E-state index is 4.19. The molecule has 1 aromatic carbocycles. The third-order valence-electron chi connectivity index (χ3n) is 5.84. The van der Waals surface area contributed by atoms with Crippen LogP contribution in [-0.2, 0) is 13.1 Å². The lowest BCUT2D eigenvalue weighted by molar-refractivity contribution is 0.0557. The molecule has 2 aromatic rings. The highest BCUT2D eigenvalue weighted by Crippen LogP contribution is 2.19. The Morgan fingerprint density at radius 1 is 0.846 bits per heavy atom. The second kappa shape index (κ2) is 8.75. The zero-order valence-corrected chi connectivity index (χ0v) is 15.6. The number of likely N-dealkylation sites (tertiary alicyclic amines) is 1. The fraction of sp³-hybridized carbons (Fsp3) is 0.600. The van der Waals surface area contributed by atoms with E-state index in [2.05, 4.69) is 55.1 Å². The van der Waals surface area contributed by atoms with Gasteiger partial charge in [-0.05, 0) is 31.5 Å². The third-order valence-corrected chi connectivity index (χ3v) is 5.84. The molecule has 4 rings (SSSR count). The fourth-order valence-corrected chi connectivity index (χ4v) is 4.23. The van der Waals surface area contributed by atoms with Crippen molar-refractivity contribution in [1.29, 1.82) is 0 Å². The Morgan fingerprint density at radius 2 is 1.62 bits per heavy atom. The van der Waals surface area contributed by atoms with Crippen molar-refractivity contribution >= 4 is 0 Å². The Labute approximate surface area is 156 Å². The number of nitrogens with zero attached hydrogens (tertiary/aromatic N) is 6. The van der Waals surface area contributed by atoms with E-state index in [4.69, 9.17) is 0 Å². The number of hydrogen-bond acceptors (Lipinski definition) is 5. The van der Waals surface area contributed by atoms with Crippen LogP contribution in [0.3, 0.4) is 0 Å². The lowest BCUT2D eigenvalue weighted by Gasteiger charge is -2.42. The summed E-state index contributed by atoms with van der Waals surface area (Å²) < 4.78 is 1.93. The van der Waals surface area contributed by atoms with Crippen molar-refractivity contribution in [3.8, 4) is 0 Å². The Kier molecular flexibility index (Phi) is 5.94. The van der Waals surface area contributed by atoms with Gasteiger partial charge >= 0.3 is 0 Å². The topological polar surface area (TPSA) is 40.4 Å². The van der Waals surface area contributed by atoms with Gasteiger partial charge in [0.1, 0.15) is 12.7 Å². The summed E-state index contributed by atoms with van der Waals surface area (Å²) in [5.74, 6) is 0. The molecule has 0 amide bonds. The Morgan fingerprint density at radius 3 is 2.31 bits per heavy atom. The van der Waals surface area contributed by atoms with Gasteiger partial charge in [-0.15, -0.1) is 0 Å². The number of piperidine rings is 1. The molecule has 2 saturated heterocycles. The summed E-state index contributed by atoms with van der Waals surface area (Å²) in [6.07, 6.45) is 6.03. The molecule has 3 heterocycles.